The van der Waals surface area contributed by atoms with Crippen LogP contribution in [0, 0.1) is 53.3 Å². The maximum absolute atomic E-state index is 7.62. The van der Waals surface area contributed by atoms with Crippen molar-refractivity contribution >= 4 is 0 Å². The minimum absolute atomic E-state index is 0.0905. The van der Waals surface area contributed by atoms with Crippen LogP contribution in [0.1, 0.15) is 146 Å². The Bertz CT molecular complexity index is 1310. The van der Waals surface area contributed by atoms with E-state index in [-0.39, 0.29) is 40.7 Å². The maximum atomic E-state index is 7.62. The Morgan fingerprint density at radius 3 is 1.02 bits per heavy atom. The summed E-state index contributed by atoms with van der Waals surface area (Å²) >= 11 is 0. The van der Waals surface area contributed by atoms with Gasteiger partial charge in [0.05, 0.1) is 13.2 Å². The van der Waals surface area contributed by atoms with Crippen LogP contribution in [0.4, 0.5) is 0 Å². The molecular formula is C44H60O4. The van der Waals surface area contributed by atoms with Crippen LogP contribution in [0.5, 0.6) is 11.5 Å². The smallest absolute Gasteiger partial charge is 0.131 e. The first-order valence-corrected chi connectivity index (χ1v) is 21.1. The summed E-state index contributed by atoms with van der Waals surface area (Å²) in [6.45, 7) is 6.34. The molecule has 48 heavy (non-hydrogen) atoms. The summed E-state index contributed by atoms with van der Waals surface area (Å²) in [5.41, 5.74) is 5.71. The van der Waals surface area contributed by atoms with Crippen LogP contribution in [-0.4, -0.2) is 37.6 Å². The molecule has 1 aromatic carbocycles. The summed E-state index contributed by atoms with van der Waals surface area (Å²) in [6.07, 6.45) is 26.5. The second-order valence-corrected chi connectivity index (χ2v) is 21.0. The Kier molecular flexibility index (Phi) is 6.10. The summed E-state index contributed by atoms with van der Waals surface area (Å²) in [7, 11) is 0. The fourth-order valence-corrected chi connectivity index (χ4v) is 16.6. The molecule has 14 aliphatic rings. The Morgan fingerprint density at radius 1 is 0.479 bits per heavy atom. The first kappa shape index (κ1) is 29.3. The number of ether oxygens (including phenoxy) is 4. The molecule has 4 unspecified atom stereocenters. The minimum Gasteiger partial charge on any atom is -0.487 e. The van der Waals surface area contributed by atoms with Gasteiger partial charge in [-0.1, -0.05) is 0 Å². The third-order valence-electron chi connectivity index (χ3n) is 17.4. The van der Waals surface area contributed by atoms with E-state index in [4.69, 9.17) is 18.9 Å². The Balaban J connectivity index is 1.13. The summed E-state index contributed by atoms with van der Waals surface area (Å²) < 4.78 is 27.2. The van der Waals surface area contributed by atoms with Gasteiger partial charge in [0, 0.05) is 22.1 Å². The molecule has 12 saturated carbocycles. The molecule has 14 fully saturated rings. The van der Waals surface area contributed by atoms with Gasteiger partial charge in [0.15, 0.2) is 0 Å². The molecule has 1 aromatic rings. The standard InChI is InChI=1S/C44H60O4/c1-24(37-22-45-37)47-40-35(42-13-26-3-27(14-42)5-28(4-26)15-42)12-36(43-16-29-6-30(17-43)8-31(7-29)18-43)41(48-25(2)38-23-46-38)39(40)44-19-32-9-33(20-44)11-34(10-32)21-44/h12,24-34,37-38H,3-11,13-23H2,1-2H3. The van der Waals surface area contributed by atoms with Crippen molar-refractivity contribution in [2.75, 3.05) is 13.2 Å². The topological polar surface area (TPSA) is 43.5 Å². The first-order valence-electron chi connectivity index (χ1n) is 21.1. The maximum Gasteiger partial charge on any atom is 0.131 e. The van der Waals surface area contributed by atoms with Gasteiger partial charge in [-0.3, -0.25) is 0 Å². The predicted molar refractivity (Wildman–Crippen MR) is 186 cm³/mol. The van der Waals surface area contributed by atoms with Crippen molar-refractivity contribution in [3.05, 3.63) is 22.8 Å². The normalized spacial score (nSPS) is 52.5. The second kappa shape index (κ2) is 9.99. The molecule has 2 aliphatic heterocycles. The van der Waals surface area contributed by atoms with E-state index in [1.807, 2.05) is 0 Å². The summed E-state index contributed by atoms with van der Waals surface area (Å²) in [4.78, 5) is 0. The SMILES string of the molecule is CC(Oc1c(C23CC4CC(CC(C4)C2)C3)cc(C23CC4CC(CC(C4)C2)C3)c(OC(C)C2CO2)c1C12CC3CC(CC(C3)C1)C2)C1CO1. The molecule has 0 aromatic heterocycles. The molecule has 2 saturated heterocycles. The zero-order valence-corrected chi connectivity index (χ0v) is 29.9. The quantitative estimate of drug-likeness (QED) is 0.249. The largest absolute Gasteiger partial charge is 0.487 e. The van der Waals surface area contributed by atoms with Crippen molar-refractivity contribution in [1.82, 2.24) is 0 Å². The predicted octanol–water partition coefficient (Wildman–Crippen LogP) is 9.42. The van der Waals surface area contributed by atoms with E-state index in [0.29, 0.717) is 0 Å². The lowest BCUT2D eigenvalue weighted by atomic mass is 9.44. The lowest BCUT2D eigenvalue weighted by molar-refractivity contribution is -0.0171. The zero-order valence-electron chi connectivity index (χ0n) is 29.9. The third kappa shape index (κ3) is 4.38. The summed E-state index contributed by atoms with van der Waals surface area (Å²) in [5, 5.41) is 0. The van der Waals surface area contributed by atoms with Crippen LogP contribution in [-0.2, 0) is 25.7 Å². The average molecular weight is 653 g/mol. The van der Waals surface area contributed by atoms with E-state index in [0.717, 1.165) is 66.5 Å². The number of benzene rings is 1. The molecule has 12 bridgehead atoms. The van der Waals surface area contributed by atoms with Gasteiger partial charge in [0.1, 0.15) is 35.9 Å². The van der Waals surface area contributed by atoms with Gasteiger partial charge in [0.25, 0.3) is 0 Å². The van der Waals surface area contributed by atoms with Crippen molar-refractivity contribution in [2.45, 2.75) is 170 Å². The van der Waals surface area contributed by atoms with E-state index < -0.39 is 0 Å². The highest BCUT2D eigenvalue weighted by molar-refractivity contribution is 5.64. The van der Waals surface area contributed by atoms with Gasteiger partial charge >= 0.3 is 0 Å². The number of hydrogen-bond acceptors (Lipinski definition) is 4. The lowest BCUT2D eigenvalue weighted by Gasteiger charge is -2.61. The average Bonchev–Trinajstić information content (AvgIpc) is 3.93. The Labute approximate surface area is 289 Å². The van der Waals surface area contributed by atoms with E-state index in [1.54, 1.807) is 16.7 Å². The molecule has 4 heteroatoms. The fourth-order valence-electron chi connectivity index (χ4n) is 16.6. The fraction of sp³-hybridized carbons (Fsp3) is 0.864. The van der Waals surface area contributed by atoms with E-state index in [1.165, 1.54) is 127 Å². The Morgan fingerprint density at radius 2 is 0.750 bits per heavy atom. The summed E-state index contributed by atoms with van der Waals surface area (Å²) in [6, 6.07) is 2.86. The second-order valence-electron chi connectivity index (χ2n) is 21.0. The van der Waals surface area contributed by atoms with Gasteiger partial charge < -0.3 is 18.9 Å². The molecule has 0 amide bonds. The highest BCUT2D eigenvalue weighted by Crippen LogP contribution is 2.70. The van der Waals surface area contributed by atoms with Gasteiger partial charge in [-0.05, 0) is 200 Å². The Hall–Kier alpha value is -1.26. The van der Waals surface area contributed by atoms with E-state index >= 15 is 0 Å². The monoisotopic (exact) mass is 652 g/mol. The number of hydrogen-bond donors (Lipinski definition) is 0. The molecule has 15 rings (SSSR count). The van der Waals surface area contributed by atoms with Crippen molar-refractivity contribution in [3.8, 4) is 11.5 Å². The first-order chi connectivity index (χ1) is 23.3. The zero-order chi connectivity index (χ0) is 31.6. The molecule has 0 spiro atoms. The molecule has 12 aliphatic carbocycles. The van der Waals surface area contributed by atoms with Crippen LogP contribution in [0.25, 0.3) is 0 Å². The number of rotatable bonds is 9. The molecule has 260 valence electrons. The minimum atomic E-state index is 0.0905. The third-order valence-corrected chi connectivity index (χ3v) is 17.4. The van der Waals surface area contributed by atoms with Gasteiger partial charge in [0.2, 0.25) is 0 Å². The van der Waals surface area contributed by atoms with Crippen LogP contribution in [0.2, 0.25) is 0 Å². The van der Waals surface area contributed by atoms with Crippen molar-refractivity contribution < 1.29 is 18.9 Å². The van der Waals surface area contributed by atoms with Gasteiger partial charge in [-0.25, -0.2) is 0 Å². The highest BCUT2D eigenvalue weighted by Gasteiger charge is 2.60. The molecule has 4 atom stereocenters. The van der Waals surface area contributed by atoms with Crippen molar-refractivity contribution in [1.29, 1.82) is 0 Å². The molecular weight excluding hydrogens is 592 g/mol. The summed E-state index contributed by atoms with van der Waals surface area (Å²) in [5.74, 6) is 10.8. The lowest BCUT2D eigenvalue weighted by Crippen LogP contribution is -2.52. The van der Waals surface area contributed by atoms with E-state index in [2.05, 4.69) is 19.9 Å². The highest BCUT2D eigenvalue weighted by atomic mass is 16.6. The number of epoxide rings is 2. The molecule has 4 nitrogen and oxygen atoms in total. The van der Waals surface area contributed by atoms with Crippen molar-refractivity contribution in [2.24, 2.45) is 53.3 Å². The van der Waals surface area contributed by atoms with Crippen LogP contribution >= 0.6 is 0 Å². The van der Waals surface area contributed by atoms with E-state index in [9.17, 15) is 0 Å². The van der Waals surface area contributed by atoms with Crippen LogP contribution < -0.4 is 9.47 Å². The molecule has 2 heterocycles. The van der Waals surface area contributed by atoms with Crippen LogP contribution in [0.15, 0.2) is 6.07 Å². The van der Waals surface area contributed by atoms with Crippen LogP contribution in [0.3, 0.4) is 0 Å². The van der Waals surface area contributed by atoms with Crippen molar-refractivity contribution in [3.63, 3.8) is 0 Å². The van der Waals surface area contributed by atoms with Gasteiger partial charge in [-0.2, -0.15) is 0 Å². The molecule has 0 N–H and O–H groups in total. The van der Waals surface area contributed by atoms with Gasteiger partial charge in [-0.15, -0.1) is 0 Å². The molecule has 0 radical (unpaired) electrons.